The largest absolute Gasteiger partial charge is 0.350 e. The first-order valence-electron chi connectivity index (χ1n) is 13.0. The minimum absolute atomic E-state index is 0.0121. The van der Waals surface area contributed by atoms with Crippen LogP contribution in [0.15, 0.2) is 66.7 Å². The van der Waals surface area contributed by atoms with Crippen molar-refractivity contribution in [3.8, 4) is 0 Å². The van der Waals surface area contributed by atoms with Gasteiger partial charge >= 0.3 is 0 Å². The number of amides is 2. The maximum absolute atomic E-state index is 13.7. The summed E-state index contributed by atoms with van der Waals surface area (Å²) in [7, 11) is 0. The van der Waals surface area contributed by atoms with E-state index in [1.807, 2.05) is 18.2 Å². The van der Waals surface area contributed by atoms with Crippen molar-refractivity contribution in [1.29, 1.82) is 0 Å². The normalized spacial score (nSPS) is 18.9. The number of carbonyl (C=O) groups is 2. The van der Waals surface area contributed by atoms with E-state index in [-0.39, 0.29) is 24.3 Å². The van der Waals surface area contributed by atoms with E-state index in [2.05, 4.69) is 27.7 Å². The average molecular weight is 605 g/mol. The van der Waals surface area contributed by atoms with Gasteiger partial charge in [-0.15, -0.1) is 0 Å². The number of rotatable bonds is 9. The molecule has 2 atom stereocenters. The fraction of sp³-hybridized carbons (Fsp3) is 0.333. The molecule has 9 heteroatoms. The van der Waals surface area contributed by atoms with Gasteiger partial charge in [0.2, 0.25) is 11.8 Å². The van der Waals surface area contributed by atoms with Gasteiger partial charge in [0, 0.05) is 52.2 Å². The fourth-order valence-corrected chi connectivity index (χ4v) is 6.35. The van der Waals surface area contributed by atoms with E-state index >= 15 is 0 Å². The van der Waals surface area contributed by atoms with Crippen LogP contribution in [-0.2, 0) is 28.0 Å². The fourth-order valence-electron chi connectivity index (χ4n) is 5.27. The maximum Gasteiger partial charge on any atom is 0.243 e. The predicted molar refractivity (Wildman–Crippen MR) is 158 cm³/mol. The van der Waals surface area contributed by atoms with Crippen LogP contribution in [-0.4, -0.2) is 41.9 Å². The monoisotopic (exact) mass is 603 g/mol. The molecule has 39 heavy (non-hydrogen) atoms. The van der Waals surface area contributed by atoms with E-state index in [0.29, 0.717) is 32.9 Å². The van der Waals surface area contributed by atoms with Gasteiger partial charge in [-0.1, -0.05) is 88.9 Å². The summed E-state index contributed by atoms with van der Waals surface area (Å²) in [6, 6.07) is 19.8. The molecule has 2 aliphatic rings. The molecule has 2 unspecified atom stereocenters. The van der Waals surface area contributed by atoms with Crippen LogP contribution in [0, 0.1) is 0 Å². The Morgan fingerprint density at radius 2 is 1.62 bits per heavy atom. The highest BCUT2D eigenvalue weighted by Crippen LogP contribution is 2.51. The first-order chi connectivity index (χ1) is 18.7. The molecule has 2 fully saturated rings. The van der Waals surface area contributed by atoms with Gasteiger partial charge in [0.1, 0.15) is 6.04 Å². The van der Waals surface area contributed by atoms with Crippen molar-refractivity contribution in [1.82, 2.24) is 15.5 Å². The second kappa shape index (κ2) is 12.1. The Morgan fingerprint density at radius 3 is 2.28 bits per heavy atom. The molecule has 1 aliphatic heterocycles. The van der Waals surface area contributed by atoms with Crippen LogP contribution in [0.2, 0.25) is 20.1 Å². The number of halogens is 4. The number of benzene rings is 3. The first-order valence-corrected chi connectivity index (χ1v) is 14.5. The molecular formula is C30H29Cl4N3O2. The lowest BCUT2D eigenvalue weighted by atomic mass is 9.93. The first kappa shape index (κ1) is 28.3. The summed E-state index contributed by atoms with van der Waals surface area (Å²) in [5, 5.41) is 8.11. The number of hydrogen-bond donors (Lipinski definition) is 2. The van der Waals surface area contributed by atoms with Crippen LogP contribution in [0.4, 0.5) is 0 Å². The van der Waals surface area contributed by atoms with Crippen molar-refractivity contribution in [2.45, 2.75) is 49.7 Å². The van der Waals surface area contributed by atoms with Gasteiger partial charge in [0.15, 0.2) is 0 Å². The number of hydrogen-bond acceptors (Lipinski definition) is 3. The van der Waals surface area contributed by atoms with Gasteiger partial charge in [0.25, 0.3) is 0 Å². The SMILES string of the molecule is O=C(NC1CCN(Cc2ccccc2)C1)C(Cc1ccc(Cl)cc1Cl)NC(=O)C1(c2ccc(Cl)cc2Cl)CC1. The lowest BCUT2D eigenvalue weighted by Gasteiger charge is -2.25. The molecular weight excluding hydrogens is 576 g/mol. The number of carbonyl (C=O) groups excluding carboxylic acids is 2. The molecule has 1 saturated carbocycles. The standard InChI is InChI=1S/C30H29Cl4N3O2/c31-21-7-6-20(25(33)15-21)14-27(36-29(39)30(11-12-30)24-9-8-22(32)16-26(24)34)28(38)35-23-10-13-37(18-23)17-19-4-2-1-3-5-19/h1-9,15-16,23,27H,10-14,17-18H2,(H,35,38)(H,36,39). The lowest BCUT2D eigenvalue weighted by Crippen LogP contribution is -2.53. The van der Waals surface area contributed by atoms with E-state index in [9.17, 15) is 9.59 Å². The third kappa shape index (κ3) is 6.72. The molecule has 2 N–H and O–H groups in total. The van der Waals surface area contributed by atoms with E-state index in [0.717, 1.165) is 37.2 Å². The number of nitrogens with one attached hydrogen (secondary N) is 2. The number of nitrogens with zero attached hydrogens (tertiary/aromatic N) is 1. The zero-order chi connectivity index (χ0) is 27.6. The van der Waals surface area contributed by atoms with Crippen molar-refractivity contribution in [2.24, 2.45) is 0 Å². The van der Waals surface area contributed by atoms with Gasteiger partial charge in [-0.2, -0.15) is 0 Å². The third-order valence-electron chi connectivity index (χ3n) is 7.56. The Morgan fingerprint density at radius 1 is 0.923 bits per heavy atom. The molecule has 5 nitrogen and oxygen atoms in total. The topological polar surface area (TPSA) is 61.4 Å². The van der Waals surface area contributed by atoms with Crippen LogP contribution < -0.4 is 10.6 Å². The molecule has 0 bridgehead atoms. The third-order valence-corrected chi connectivity index (χ3v) is 8.69. The van der Waals surface area contributed by atoms with Gasteiger partial charge in [-0.05, 0) is 60.2 Å². The summed E-state index contributed by atoms with van der Waals surface area (Å²) in [4.78, 5) is 29.6. The summed E-state index contributed by atoms with van der Waals surface area (Å²) in [6.07, 6.45) is 2.37. The summed E-state index contributed by atoms with van der Waals surface area (Å²) < 4.78 is 0. The summed E-state index contributed by atoms with van der Waals surface area (Å²) >= 11 is 25.1. The highest BCUT2D eigenvalue weighted by Gasteiger charge is 2.53. The highest BCUT2D eigenvalue weighted by molar-refractivity contribution is 6.35. The molecule has 0 radical (unpaired) electrons. The molecule has 0 spiro atoms. The minimum Gasteiger partial charge on any atom is -0.350 e. The Kier molecular flexibility index (Phi) is 8.75. The van der Waals surface area contributed by atoms with Crippen molar-refractivity contribution >= 4 is 58.2 Å². The van der Waals surface area contributed by atoms with Gasteiger partial charge in [-0.25, -0.2) is 0 Å². The van der Waals surface area contributed by atoms with E-state index in [1.165, 1.54) is 5.56 Å². The van der Waals surface area contributed by atoms with Crippen molar-refractivity contribution in [3.63, 3.8) is 0 Å². The smallest absolute Gasteiger partial charge is 0.243 e. The molecule has 204 valence electrons. The Bertz CT molecular complexity index is 1360. The summed E-state index contributed by atoms with van der Waals surface area (Å²) in [6.45, 7) is 2.46. The maximum atomic E-state index is 13.7. The van der Waals surface area contributed by atoms with Gasteiger partial charge < -0.3 is 10.6 Å². The Hall–Kier alpha value is -2.28. The van der Waals surface area contributed by atoms with Gasteiger partial charge in [0.05, 0.1) is 5.41 Å². The molecule has 3 aromatic rings. The van der Waals surface area contributed by atoms with Crippen molar-refractivity contribution < 1.29 is 9.59 Å². The predicted octanol–water partition coefficient (Wildman–Crippen LogP) is 6.45. The summed E-state index contributed by atoms with van der Waals surface area (Å²) in [5.41, 5.74) is 1.92. The van der Waals surface area contributed by atoms with Crippen molar-refractivity contribution in [3.05, 3.63) is 104 Å². The molecule has 1 aliphatic carbocycles. The molecule has 0 aromatic heterocycles. The van der Waals surface area contributed by atoms with E-state index in [4.69, 9.17) is 46.4 Å². The highest BCUT2D eigenvalue weighted by atomic mass is 35.5. The van der Waals surface area contributed by atoms with Crippen molar-refractivity contribution in [2.75, 3.05) is 13.1 Å². The quantitative estimate of drug-likeness (QED) is 0.295. The van der Waals surface area contributed by atoms with Crippen LogP contribution in [0.5, 0.6) is 0 Å². The van der Waals surface area contributed by atoms with Crippen LogP contribution in [0.1, 0.15) is 36.0 Å². The molecule has 2 amide bonds. The van der Waals surface area contributed by atoms with Crippen LogP contribution in [0.3, 0.4) is 0 Å². The molecule has 5 rings (SSSR count). The second-order valence-electron chi connectivity index (χ2n) is 10.4. The Labute approximate surface area is 248 Å². The molecule has 1 saturated heterocycles. The zero-order valence-corrected chi connectivity index (χ0v) is 24.3. The van der Waals surface area contributed by atoms with Gasteiger partial charge in [-0.3, -0.25) is 14.5 Å². The zero-order valence-electron chi connectivity index (χ0n) is 21.2. The van der Waals surface area contributed by atoms with E-state index < -0.39 is 11.5 Å². The van der Waals surface area contributed by atoms with Crippen LogP contribution in [0.25, 0.3) is 0 Å². The average Bonchev–Trinajstić information content (AvgIpc) is 3.59. The minimum atomic E-state index is -0.817. The molecule has 3 aromatic carbocycles. The van der Waals surface area contributed by atoms with Crippen LogP contribution >= 0.6 is 46.4 Å². The lowest BCUT2D eigenvalue weighted by molar-refractivity contribution is -0.130. The van der Waals surface area contributed by atoms with E-state index in [1.54, 1.807) is 36.4 Å². The number of likely N-dealkylation sites (tertiary alicyclic amines) is 1. The molecule has 1 heterocycles. The second-order valence-corrected chi connectivity index (χ2v) is 12.1. The Balaban J connectivity index is 1.30. The summed E-state index contributed by atoms with van der Waals surface area (Å²) in [5.74, 6) is -0.465.